The number of hydrogen-bond acceptors (Lipinski definition) is 7. The molecule has 2 N–H and O–H groups in total. The fraction of sp³-hybridized carbons (Fsp3) is 0.200. The first-order chi connectivity index (χ1) is 18.2. The third-order valence-electron chi connectivity index (χ3n) is 6.37. The number of nitrogens with zero attached hydrogens (tertiary/aromatic N) is 5. The SMILES string of the molecule is CN1CC(CNc2ncc3c4[nH]ncc4c(=O)n(-c4cc(C(F)(F)F)ccc4F)c3n2)Oc2ccccc21. The van der Waals surface area contributed by atoms with Gasteiger partial charge in [0.1, 0.15) is 17.7 Å². The summed E-state index contributed by atoms with van der Waals surface area (Å²) >= 11 is 0. The van der Waals surface area contributed by atoms with Gasteiger partial charge in [-0.25, -0.2) is 9.37 Å². The number of pyridine rings is 1. The van der Waals surface area contributed by atoms with Gasteiger partial charge >= 0.3 is 6.18 Å². The monoisotopic (exact) mass is 525 g/mol. The van der Waals surface area contributed by atoms with E-state index in [9.17, 15) is 22.4 Å². The Labute approximate surface area is 211 Å². The molecule has 1 aliphatic rings. The molecule has 1 atom stereocenters. The van der Waals surface area contributed by atoms with E-state index in [2.05, 4.69) is 30.4 Å². The van der Waals surface area contributed by atoms with Crippen molar-refractivity contribution >= 4 is 33.6 Å². The zero-order valence-electron chi connectivity index (χ0n) is 19.8. The van der Waals surface area contributed by atoms with E-state index >= 15 is 0 Å². The second kappa shape index (κ2) is 8.71. The van der Waals surface area contributed by atoms with E-state index < -0.39 is 28.8 Å². The summed E-state index contributed by atoms with van der Waals surface area (Å²) in [5.41, 5.74) is -1.31. The quantitative estimate of drug-likeness (QED) is 0.341. The minimum atomic E-state index is -4.74. The molecule has 3 aromatic heterocycles. The van der Waals surface area contributed by atoms with Crippen LogP contribution < -0.4 is 20.5 Å². The Balaban J connectivity index is 1.42. The third-order valence-corrected chi connectivity index (χ3v) is 6.37. The van der Waals surface area contributed by atoms with Gasteiger partial charge in [0.2, 0.25) is 5.95 Å². The number of rotatable bonds is 4. The van der Waals surface area contributed by atoms with Crippen molar-refractivity contribution in [3.63, 3.8) is 0 Å². The molecule has 0 saturated carbocycles. The normalized spacial score (nSPS) is 15.5. The summed E-state index contributed by atoms with van der Waals surface area (Å²) in [7, 11) is 1.94. The van der Waals surface area contributed by atoms with Gasteiger partial charge in [0.05, 0.1) is 52.5 Å². The van der Waals surface area contributed by atoms with Crippen LogP contribution in [-0.2, 0) is 6.18 Å². The van der Waals surface area contributed by atoms with Crippen molar-refractivity contribution in [2.45, 2.75) is 12.3 Å². The van der Waals surface area contributed by atoms with Crippen molar-refractivity contribution in [1.82, 2.24) is 24.7 Å². The minimum Gasteiger partial charge on any atom is -0.485 e. The summed E-state index contributed by atoms with van der Waals surface area (Å²) < 4.78 is 62.0. The van der Waals surface area contributed by atoms with E-state index in [4.69, 9.17) is 4.74 Å². The van der Waals surface area contributed by atoms with Crippen molar-refractivity contribution in [3.8, 4) is 11.4 Å². The largest absolute Gasteiger partial charge is 0.485 e. The number of anilines is 2. The molecule has 1 unspecified atom stereocenters. The number of ether oxygens (including phenoxy) is 1. The van der Waals surface area contributed by atoms with E-state index in [1.54, 1.807) is 0 Å². The highest BCUT2D eigenvalue weighted by molar-refractivity contribution is 6.02. The molecule has 0 bridgehead atoms. The Kier molecular flexibility index (Phi) is 5.44. The number of para-hydroxylation sites is 2. The molecule has 1 aliphatic heterocycles. The molecule has 6 rings (SSSR count). The molecule has 0 radical (unpaired) electrons. The Morgan fingerprint density at radius 1 is 1.13 bits per heavy atom. The highest BCUT2D eigenvalue weighted by Gasteiger charge is 2.32. The van der Waals surface area contributed by atoms with E-state index in [-0.39, 0.29) is 34.0 Å². The number of aromatic amines is 1. The summed E-state index contributed by atoms with van der Waals surface area (Å²) in [6.45, 7) is 0.866. The van der Waals surface area contributed by atoms with Gasteiger partial charge in [0.15, 0.2) is 5.65 Å². The molecule has 2 aromatic carbocycles. The predicted molar refractivity (Wildman–Crippen MR) is 132 cm³/mol. The van der Waals surface area contributed by atoms with Crippen LogP contribution in [-0.4, -0.2) is 51.0 Å². The average Bonchev–Trinajstić information content (AvgIpc) is 3.38. The maximum absolute atomic E-state index is 14.9. The van der Waals surface area contributed by atoms with Gasteiger partial charge in [-0.05, 0) is 30.3 Å². The summed E-state index contributed by atoms with van der Waals surface area (Å²) in [5.74, 6) is -0.209. The van der Waals surface area contributed by atoms with Crippen LogP contribution in [0.4, 0.5) is 29.2 Å². The van der Waals surface area contributed by atoms with Crippen molar-refractivity contribution in [3.05, 3.63) is 76.6 Å². The summed E-state index contributed by atoms with van der Waals surface area (Å²) in [6.07, 6.45) is -2.39. The van der Waals surface area contributed by atoms with Crippen molar-refractivity contribution < 1.29 is 22.3 Å². The molecular weight excluding hydrogens is 506 g/mol. The molecule has 5 aromatic rings. The number of aromatic nitrogens is 5. The van der Waals surface area contributed by atoms with E-state index in [1.165, 1.54) is 12.4 Å². The number of H-pyrrole nitrogens is 1. The van der Waals surface area contributed by atoms with Crippen molar-refractivity contribution in [2.75, 3.05) is 30.4 Å². The molecule has 13 heteroatoms. The fourth-order valence-electron chi connectivity index (χ4n) is 4.56. The van der Waals surface area contributed by atoms with Gasteiger partial charge in [-0.3, -0.25) is 14.5 Å². The Hall–Kier alpha value is -4.68. The van der Waals surface area contributed by atoms with Crippen LogP contribution in [0.2, 0.25) is 0 Å². The van der Waals surface area contributed by atoms with Crippen LogP contribution in [0.3, 0.4) is 0 Å². The van der Waals surface area contributed by atoms with Crippen LogP contribution in [0.25, 0.3) is 27.6 Å². The first-order valence-corrected chi connectivity index (χ1v) is 11.5. The Morgan fingerprint density at radius 3 is 2.76 bits per heavy atom. The molecule has 9 nitrogen and oxygen atoms in total. The smallest absolute Gasteiger partial charge is 0.416 e. The van der Waals surface area contributed by atoms with Crippen molar-refractivity contribution in [1.29, 1.82) is 0 Å². The first-order valence-electron chi connectivity index (χ1n) is 11.5. The molecule has 0 aliphatic carbocycles. The highest BCUT2D eigenvalue weighted by Crippen LogP contribution is 2.33. The molecular formula is C25H19F4N7O2. The number of benzene rings is 2. The maximum atomic E-state index is 14.9. The number of halogens is 4. The van der Waals surface area contributed by atoms with Crippen molar-refractivity contribution in [2.24, 2.45) is 0 Å². The lowest BCUT2D eigenvalue weighted by Gasteiger charge is -2.33. The molecule has 0 fully saturated rings. The predicted octanol–water partition coefficient (Wildman–Crippen LogP) is 4.12. The molecule has 0 saturated heterocycles. The number of likely N-dealkylation sites (N-methyl/N-ethyl adjacent to an activating group) is 1. The minimum absolute atomic E-state index is 0.0518. The molecule has 38 heavy (non-hydrogen) atoms. The fourth-order valence-corrected chi connectivity index (χ4v) is 4.56. The number of nitrogens with one attached hydrogen (secondary N) is 2. The van der Waals surface area contributed by atoms with Crippen LogP contribution in [0, 0.1) is 5.82 Å². The third kappa shape index (κ3) is 3.96. The lowest BCUT2D eigenvalue weighted by Crippen LogP contribution is -2.41. The number of fused-ring (bicyclic) bond motifs is 4. The highest BCUT2D eigenvalue weighted by atomic mass is 19.4. The number of alkyl halides is 3. The lowest BCUT2D eigenvalue weighted by molar-refractivity contribution is -0.137. The van der Waals surface area contributed by atoms with E-state index in [0.29, 0.717) is 31.3 Å². The zero-order chi connectivity index (χ0) is 26.6. The van der Waals surface area contributed by atoms with Gasteiger partial charge in [-0.2, -0.15) is 23.3 Å². The Bertz CT molecular complexity index is 1750. The van der Waals surface area contributed by atoms with E-state index in [1.807, 2.05) is 31.3 Å². The van der Waals surface area contributed by atoms with Gasteiger partial charge < -0.3 is 15.0 Å². The summed E-state index contributed by atoms with van der Waals surface area (Å²) in [6, 6.07) is 9.48. The van der Waals surface area contributed by atoms with Gasteiger partial charge in [0.25, 0.3) is 5.56 Å². The Morgan fingerprint density at radius 2 is 1.95 bits per heavy atom. The zero-order valence-corrected chi connectivity index (χ0v) is 19.8. The standard InChI is InChI=1S/C25H19F4N7O2/c1-35-12-14(38-20-5-3-2-4-18(20)35)9-30-24-31-10-15-21-16(11-32-34-21)23(37)36(22(15)33-24)19-8-13(25(27,28)29)6-7-17(19)26/h2-8,10-11,14H,9,12H2,1H3,(H,32,34)(H,30,31,33). The van der Waals surface area contributed by atoms with Crippen LogP contribution in [0.15, 0.2) is 59.7 Å². The second-order valence-corrected chi connectivity index (χ2v) is 8.86. The summed E-state index contributed by atoms with van der Waals surface area (Å²) in [4.78, 5) is 24.1. The van der Waals surface area contributed by atoms with Crippen LogP contribution in [0.5, 0.6) is 5.75 Å². The lowest BCUT2D eigenvalue weighted by atomic mass is 10.1. The second-order valence-electron chi connectivity index (χ2n) is 8.86. The van der Waals surface area contributed by atoms with E-state index in [0.717, 1.165) is 16.0 Å². The molecule has 0 spiro atoms. The van der Waals surface area contributed by atoms with Gasteiger partial charge in [-0.15, -0.1) is 0 Å². The van der Waals surface area contributed by atoms with Crippen LogP contribution in [0.1, 0.15) is 5.56 Å². The van der Waals surface area contributed by atoms with Gasteiger partial charge in [-0.1, -0.05) is 12.1 Å². The topological polar surface area (TPSA) is 101 Å². The maximum Gasteiger partial charge on any atom is 0.416 e. The first kappa shape index (κ1) is 23.7. The number of hydrogen-bond donors (Lipinski definition) is 2. The average molecular weight is 525 g/mol. The molecule has 194 valence electrons. The molecule has 0 amide bonds. The van der Waals surface area contributed by atoms with Gasteiger partial charge in [0, 0.05) is 13.2 Å². The molecule has 4 heterocycles. The van der Waals surface area contributed by atoms with Crippen LogP contribution >= 0.6 is 0 Å². The summed E-state index contributed by atoms with van der Waals surface area (Å²) in [5, 5.41) is 9.94.